The number of benzene rings is 1. The summed E-state index contributed by atoms with van der Waals surface area (Å²) in [5.41, 5.74) is 1.08. The molecule has 0 radical (unpaired) electrons. The van der Waals surface area contributed by atoms with E-state index in [1.54, 1.807) is 6.07 Å². The second-order valence-corrected chi connectivity index (χ2v) is 5.10. The Hall–Kier alpha value is -1.95. The van der Waals surface area contributed by atoms with Crippen molar-refractivity contribution in [1.82, 2.24) is 9.97 Å². The highest BCUT2D eigenvalue weighted by Gasteiger charge is 2.06. The van der Waals surface area contributed by atoms with Gasteiger partial charge >= 0.3 is 0 Å². The van der Waals surface area contributed by atoms with Crippen LogP contribution in [0, 0.1) is 0 Å². The molecular weight excluding hydrogens is 272 g/mol. The maximum Gasteiger partial charge on any atom is 0.225 e. The topological polar surface area (TPSA) is 50.3 Å². The third kappa shape index (κ3) is 3.54. The van der Waals surface area contributed by atoms with Crippen LogP contribution in [0.4, 0.5) is 11.5 Å². The van der Waals surface area contributed by atoms with Crippen LogP contribution in [0.15, 0.2) is 35.5 Å². The first-order valence-corrected chi connectivity index (χ1v) is 7.41. The van der Waals surface area contributed by atoms with E-state index in [1.165, 1.54) is 11.8 Å². The zero-order chi connectivity index (χ0) is 14.5. The summed E-state index contributed by atoms with van der Waals surface area (Å²) in [5.74, 6) is 2.02. The fourth-order valence-corrected chi connectivity index (χ4v) is 1.99. The van der Waals surface area contributed by atoms with Gasteiger partial charge in [-0.15, -0.1) is 0 Å². The van der Waals surface area contributed by atoms with Crippen LogP contribution in [-0.4, -0.2) is 37.4 Å². The van der Waals surface area contributed by atoms with Crippen molar-refractivity contribution in [2.45, 2.75) is 5.16 Å². The van der Waals surface area contributed by atoms with E-state index in [9.17, 15) is 0 Å². The highest BCUT2D eigenvalue weighted by Crippen LogP contribution is 2.26. The van der Waals surface area contributed by atoms with Crippen LogP contribution in [0.3, 0.4) is 0 Å². The van der Waals surface area contributed by atoms with Gasteiger partial charge in [0.25, 0.3) is 0 Å². The summed E-state index contributed by atoms with van der Waals surface area (Å²) < 4.78 is 5.82. The molecule has 0 amide bonds. The first-order chi connectivity index (χ1) is 9.62. The van der Waals surface area contributed by atoms with Crippen molar-refractivity contribution in [2.24, 2.45) is 0 Å². The van der Waals surface area contributed by atoms with Gasteiger partial charge in [-0.1, -0.05) is 17.8 Å². The molecule has 1 aromatic carbocycles. The van der Waals surface area contributed by atoms with Crippen molar-refractivity contribution < 1.29 is 4.74 Å². The van der Waals surface area contributed by atoms with E-state index in [4.69, 9.17) is 4.74 Å². The third-order valence-corrected chi connectivity index (χ3v) is 3.23. The van der Waals surface area contributed by atoms with E-state index >= 15 is 0 Å². The minimum absolute atomic E-state index is 0.532. The molecule has 1 N–H and O–H groups in total. The lowest BCUT2D eigenvalue weighted by Crippen LogP contribution is -2.08. The van der Waals surface area contributed by atoms with Crippen molar-refractivity contribution in [3.05, 3.63) is 30.3 Å². The molecule has 0 saturated carbocycles. The Morgan fingerprint density at radius 1 is 1.20 bits per heavy atom. The molecule has 1 aromatic heterocycles. The number of thioether (sulfide) groups is 1. The standard InChI is InChI=1S/C14H18N4OS/c1-15-12-9-13(17-14(16-12)20-4)19-11-7-5-6-10(8-11)18(2)3/h5-9H,1-4H3,(H,15,16,17). The quantitative estimate of drug-likeness (QED) is 0.674. The van der Waals surface area contributed by atoms with Gasteiger partial charge in [-0.3, -0.25) is 0 Å². The van der Waals surface area contributed by atoms with E-state index in [0.717, 1.165) is 17.3 Å². The van der Waals surface area contributed by atoms with E-state index in [2.05, 4.69) is 15.3 Å². The minimum atomic E-state index is 0.532. The number of anilines is 2. The van der Waals surface area contributed by atoms with Crippen molar-refractivity contribution in [3.63, 3.8) is 0 Å². The fourth-order valence-electron chi connectivity index (χ4n) is 1.62. The Kier molecular flexibility index (Phi) is 4.68. The van der Waals surface area contributed by atoms with Gasteiger partial charge in [0, 0.05) is 39.0 Å². The van der Waals surface area contributed by atoms with Crippen molar-refractivity contribution in [1.29, 1.82) is 0 Å². The van der Waals surface area contributed by atoms with Gasteiger partial charge in [0.2, 0.25) is 5.88 Å². The number of hydrogen-bond acceptors (Lipinski definition) is 6. The summed E-state index contributed by atoms with van der Waals surface area (Å²) >= 11 is 1.48. The fraction of sp³-hybridized carbons (Fsp3) is 0.286. The lowest BCUT2D eigenvalue weighted by atomic mass is 10.3. The molecule has 0 bridgehead atoms. The van der Waals surface area contributed by atoms with Crippen LogP contribution in [0.2, 0.25) is 0 Å². The summed E-state index contributed by atoms with van der Waals surface area (Å²) in [4.78, 5) is 10.7. The Labute approximate surface area is 123 Å². The molecule has 20 heavy (non-hydrogen) atoms. The zero-order valence-electron chi connectivity index (χ0n) is 12.0. The number of nitrogens with zero attached hydrogens (tertiary/aromatic N) is 3. The number of nitrogens with one attached hydrogen (secondary N) is 1. The van der Waals surface area contributed by atoms with Gasteiger partial charge < -0.3 is 15.0 Å². The first-order valence-electron chi connectivity index (χ1n) is 6.18. The third-order valence-electron chi connectivity index (χ3n) is 2.68. The van der Waals surface area contributed by atoms with E-state index in [-0.39, 0.29) is 0 Å². The van der Waals surface area contributed by atoms with Crippen molar-refractivity contribution >= 4 is 23.3 Å². The number of rotatable bonds is 5. The predicted octanol–water partition coefficient (Wildman–Crippen LogP) is 3.10. The van der Waals surface area contributed by atoms with Crippen molar-refractivity contribution in [2.75, 3.05) is 37.6 Å². The number of hydrogen-bond donors (Lipinski definition) is 1. The summed E-state index contributed by atoms with van der Waals surface area (Å²) in [6.45, 7) is 0. The van der Waals surface area contributed by atoms with Crippen LogP contribution in [0.1, 0.15) is 0 Å². The molecule has 0 atom stereocenters. The smallest absolute Gasteiger partial charge is 0.225 e. The van der Waals surface area contributed by atoms with Gasteiger partial charge in [-0.25, -0.2) is 4.98 Å². The molecule has 0 aliphatic heterocycles. The highest BCUT2D eigenvalue weighted by atomic mass is 32.2. The normalized spacial score (nSPS) is 10.2. The molecule has 1 heterocycles. The van der Waals surface area contributed by atoms with E-state index < -0.39 is 0 Å². The SMILES string of the molecule is CNc1cc(Oc2cccc(N(C)C)c2)nc(SC)n1. The predicted molar refractivity (Wildman–Crippen MR) is 84.2 cm³/mol. The van der Waals surface area contributed by atoms with Crippen LogP contribution in [0.5, 0.6) is 11.6 Å². The molecule has 106 valence electrons. The Bertz CT molecular complexity index is 567. The van der Waals surface area contributed by atoms with Crippen LogP contribution in [0.25, 0.3) is 0 Å². The molecule has 0 aliphatic carbocycles. The Morgan fingerprint density at radius 2 is 2.00 bits per heavy atom. The number of ether oxygens (including phenoxy) is 1. The molecule has 0 spiro atoms. The second kappa shape index (κ2) is 6.47. The molecule has 0 saturated heterocycles. The Balaban J connectivity index is 2.27. The van der Waals surface area contributed by atoms with Gasteiger partial charge in [-0.05, 0) is 18.4 Å². The lowest BCUT2D eigenvalue weighted by molar-refractivity contribution is 0.456. The summed E-state index contributed by atoms with van der Waals surface area (Å²) in [5, 5.41) is 3.68. The van der Waals surface area contributed by atoms with Gasteiger partial charge in [-0.2, -0.15) is 4.98 Å². The van der Waals surface area contributed by atoms with E-state index in [0.29, 0.717) is 11.0 Å². The Morgan fingerprint density at radius 3 is 2.65 bits per heavy atom. The van der Waals surface area contributed by atoms with Gasteiger partial charge in [0.05, 0.1) is 0 Å². The first kappa shape index (κ1) is 14.5. The molecule has 0 fully saturated rings. The summed E-state index contributed by atoms with van der Waals surface area (Å²) in [6, 6.07) is 9.65. The molecule has 2 aromatic rings. The minimum Gasteiger partial charge on any atom is -0.439 e. The summed E-state index contributed by atoms with van der Waals surface area (Å²) in [7, 11) is 5.81. The molecule has 2 rings (SSSR count). The lowest BCUT2D eigenvalue weighted by Gasteiger charge is -2.14. The molecule has 0 aliphatic rings. The number of aromatic nitrogens is 2. The van der Waals surface area contributed by atoms with Crippen LogP contribution < -0.4 is 15.0 Å². The molecule has 0 unspecified atom stereocenters. The molecule has 5 nitrogen and oxygen atoms in total. The summed E-state index contributed by atoms with van der Waals surface area (Å²) in [6.07, 6.45) is 1.94. The van der Waals surface area contributed by atoms with Crippen LogP contribution >= 0.6 is 11.8 Å². The van der Waals surface area contributed by atoms with Crippen LogP contribution in [-0.2, 0) is 0 Å². The molecular formula is C14H18N4OS. The average Bonchev–Trinajstić information content (AvgIpc) is 2.47. The van der Waals surface area contributed by atoms with Gasteiger partial charge in [0.1, 0.15) is 11.6 Å². The highest BCUT2D eigenvalue weighted by molar-refractivity contribution is 7.98. The van der Waals surface area contributed by atoms with E-state index in [1.807, 2.05) is 56.6 Å². The van der Waals surface area contributed by atoms with Crippen molar-refractivity contribution in [3.8, 4) is 11.6 Å². The zero-order valence-corrected chi connectivity index (χ0v) is 12.9. The maximum atomic E-state index is 5.82. The van der Waals surface area contributed by atoms with Gasteiger partial charge in [0.15, 0.2) is 5.16 Å². The molecule has 6 heteroatoms. The largest absolute Gasteiger partial charge is 0.439 e. The monoisotopic (exact) mass is 290 g/mol. The second-order valence-electron chi connectivity index (χ2n) is 4.32. The average molecular weight is 290 g/mol. The maximum absolute atomic E-state index is 5.82.